The number of methoxy groups -OCH3 is 1. The van der Waals surface area contributed by atoms with Gasteiger partial charge in [-0.2, -0.15) is 39.5 Å². The maximum absolute atomic E-state index is 13.7. The van der Waals surface area contributed by atoms with Crippen LogP contribution >= 0.6 is 7.60 Å². The number of benzene rings is 1. The van der Waals surface area contributed by atoms with Crippen LogP contribution in [0.15, 0.2) is 30.3 Å². The van der Waals surface area contributed by atoms with Gasteiger partial charge in [0.05, 0.1) is 0 Å². The highest BCUT2D eigenvalue weighted by molar-refractivity contribution is 7.52. The second-order valence-electron chi connectivity index (χ2n) is 5.76. The van der Waals surface area contributed by atoms with E-state index in [-0.39, 0.29) is 7.11 Å². The molecule has 1 amide bonds. The largest absolute Gasteiger partial charge is 0.457 e. The monoisotopic (exact) mass is 493 g/mol. The number of carbonyl (C=O) groups is 1. The van der Waals surface area contributed by atoms with E-state index in [1.165, 1.54) is 6.07 Å². The Morgan fingerprint density at radius 1 is 1.00 bits per heavy atom. The van der Waals surface area contributed by atoms with Gasteiger partial charge in [-0.1, -0.05) is 30.3 Å². The van der Waals surface area contributed by atoms with Gasteiger partial charge in [-0.3, -0.25) is 14.1 Å². The summed E-state index contributed by atoms with van der Waals surface area (Å²) in [6, 6.07) is 5.48. The maximum Gasteiger partial charge on any atom is 0.457 e. The predicted molar refractivity (Wildman–Crippen MR) is 82.1 cm³/mol. The number of halogens is 9. The van der Waals surface area contributed by atoms with Crippen LogP contribution in [0.2, 0.25) is 0 Å². The van der Waals surface area contributed by atoms with E-state index >= 15 is 0 Å². The van der Waals surface area contributed by atoms with Crippen LogP contribution in [0.5, 0.6) is 0 Å². The van der Waals surface area contributed by atoms with Gasteiger partial charge in [-0.15, -0.1) is 0 Å². The van der Waals surface area contributed by atoms with Crippen molar-refractivity contribution >= 4 is 13.5 Å². The molecule has 0 fully saturated rings. The molecule has 0 aromatic heterocycles. The summed E-state index contributed by atoms with van der Waals surface area (Å²) in [6.07, 6.45) is -23.7. The van der Waals surface area contributed by atoms with E-state index in [9.17, 15) is 58.7 Å². The van der Waals surface area contributed by atoms with Crippen LogP contribution in [0.1, 0.15) is 11.3 Å². The number of carbonyl (C=O) groups excluding carboxylic acids is 1. The first kappa shape index (κ1) is 27.2. The van der Waals surface area contributed by atoms with Gasteiger partial charge in [0.2, 0.25) is 6.10 Å². The van der Waals surface area contributed by atoms with E-state index in [0.29, 0.717) is 0 Å². The number of nitrogens with one attached hydrogen (secondary N) is 1. The van der Waals surface area contributed by atoms with Crippen LogP contribution in [0, 0.1) is 0 Å². The number of alkyl halides is 9. The zero-order valence-corrected chi connectivity index (χ0v) is 15.8. The molecule has 3 unspecified atom stereocenters. The summed E-state index contributed by atoms with van der Waals surface area (Å²) in [5.74, 6) is -11.3. The average molecular weight is 493 g/mol. The summed E-state index contributed by atoms with van der Waals surface area (Å²) >= 11 is 0. The standard InChI is InChI=1S/C14H13F9NO6P/c1-29-12(18,13(19,20)21)14(22,23)30-8(11(15,16)17)9(25)24-10(31(26,27)28)7-5-3-2-4-6-7/h2-6,8,10H,1H3,(H,24,25)(H2,26,27,28). The fourth-order valence-corrected chi connectivity index (χ4v) is 2.96. The lowest BCUT2D eigenvalue weighted by Gasteiger charge is -2.35. The molecule has 0 spiro atoms. The second-order valence-corrected chi connectivity index (χ2v) is 7.46. The number of rotatable bonds is 8. The van der Waals surface area contributed by atoms with Crippen molar-refractivity contribution in [1.29, 1.82) is 0 Å². The maximum atomic E-state index is 13.7. The Kier molecular flexibility index (Phi) is 7.83. The third kappa shape index (κ3) is 6.10. The molecule has 0 bridgehead atoms. The van der Waals surface area contributed by atoms with Crippen LogP contribution in [-0.2, 0) is 18.8 Å². The topological polar surface area (TPSA) is 105 Å². The molecular formula is C14H13F9NO6P. The van der Waals surface area contributed by atoms with Gasteiger partial charge in [0.15, 0.2) is 5.78 Å². The molecule has 178 valence electrons. The van der Waals surface area contributed by atoms with Crippen molar-refractivity contribution in [3.05, 3.63) is 35.9 Å². The Hall–Kier alpha value is -1.87. The summed E-state index contributed by atoms with van der Waals surface area (Å²) in [7, 11) is -5.72. The lowest BCUT2D eigenvalue weighted by Crippen LogP contribution is -2.61. The minimum atomic E-state index is -6.60. The van der Waals surface area contributed by atoms with E-state index < -0.39 is 55.3 Å². The summed E-state index contributed by atoms with van der Waals surface area (Å²) in [4.78, 5) is 30.4. The molecular weight excluding hydrogens is 480 g/mol. The minimum absolute atomic E-state index is 0.243. The first-order valence-corrected chi connectivity index (χ1v) is 9.29. The summed E-state index contributed by atoms with van der Waals surface area (Å²) in [5, 5.41) is 1.09. The van der Waals surface area contributed by atoms with Crippen molar-refractivity contribution in [2.75, 3.05) is 7.11 Å². The number of ether oxygens (including phenoxy) is 2. The fourth-order valence-electron chi connectivity index (χ4n) is 2.10. The smallest absolute Gasteiger partial charge is 0.336 e. The molecule has 0 aliphatic rings. The van der Waals surface area contributed by atoms with Crippen molar-refractivity contribution in [3.63, 3.8) is 0 Å². The molecule has 0 saturated carbocycles. The fraction of sp³-hybridized carbons (Fsp3) is 0.500. The molecule has 1 aromatic carbocycles. The van der Waals surface area contributed by atoms with Crippen LogP contribution in [0.3, 0.4) is 0 Å². The molecule has 0 aliphatic heterocycles. The second kappa shape index (κ2) is 8.94. The van der Waals surface area contributed by atoms with Gasteiger partial charge in [-0.05, 0) is 5.56 Å². The van der Waals surface area contributed by atoms with Crippen LogP contribution in [0.4, 0.5) is 39.5 Å². The highest BCUT2D eigenvalue weighted by atomic mass is 31.2. The Balaban J connectivity index is 3.34. The SMILES string of the molecule is COC(F)(C(F)(F)F)C(F)(F)OC(C(=O)NC(c1ccccc1)P(=O)(O)O)C(F)(F)F. The van der Waals surface area contributed by atoms with Crippen LogP contribution in [-0.4, -0.2) is 53.2 Å². The lowest BCUT2D eigenvalue weighted by atomic mass is 10.2. The van der Waals surface area contributed by atoms with Crippen molar-refractivity contribution in [1.82, 2.24) is 5.32 Å². The molecule has 0 heterocycles. The van der Waals surface area contributed by atoms with Crippen LogP contribution < -0.4 is 5.32 Å². The minimum Gasteiger partial charge on any atom is -0.336 e. The third-order valence-corrected chi connectivity index (χ3v) is 4.65. The summed E-state index contributed by atoms with van der Waals surface area (Å²) in [5.41, 5.74) is -0.483. The van der Waals surface area contributed by atoms with Crippen molar-refractivity contribution in [2.24, 2.45) is 0 Å². The summed E-state index contributed by atoms with van der Waals surface area (Å²) < 4.78 is 136. The summed E-state index contributed by atoms with van der Waals surface area (Å²) in [6.45, 7) is 0. The van der Waals surface area contributed by atoms with Crippen molar-refractivity contribution < 1.29 is 68.1 Å². The van der Waals surface area contributed by atoms with Gasteiger partial charge >= 0.3 is 31.9 Å². The highest BCUT2D eigenvalue weighted by Crippen LogP contribution is 2.51. The predicted octanol–water partition coefficient (Wildman–Crippen LogP) is 3.39. The van der Waals surface area contributed by atoms with E-state index in [1.807, 2.05) is 0 Å². The molecule has 31 heavy (non-hydrogen) atoms. The average Bonchev–Trinajstić information content (AvgIpc) is 2.61. The zero-order valence-electron chi connectivity index (χ0n) is 14.9. The first-order valence-electron chi connectivity index (χ1n) is 7.61. The van der Waals surface area contributed by atoms with Gasteiger partial charge < -0.3 is 19.8 Å². The zero-order chi connectivity index (χ0) is 24.5. The van der Waals surface area contributed by atoms with Gasteiger partial charge in [-0.25, -0.2) is 0 Å². The molecule has 0 saturated heterocycles. The van der Waals surface area contributed by atoms with Gasteiger partial charge in [0.1, 0.15) is 0 Å². The Morgan fingerprint density at radius 3 is 1.84 bits per heavy atom. The first-order chi connectivity index (χ1) is 13.8. The van der Waals surface area contributed by atoms with E-state index in [2.05, 4.69) is 9.47 Å². The Labute approximate surface area is 167 Å². The normalized spacial score (nSPS) is 17.5. The highest BCUT2D eigenvalue weighted by Gasteiger charge is 2.76. The number of hydrogen-bond donors (Lipinski definition) is 3. The molecule has 0 radical (unpaired) electrons. The Bertz CT molecular complexity index is 813. The molecule has 3 N–H and O–H groups in total. The van der Waals surface area contributed by atoms with Crippen molar-refractivity contribution in [2.45, 2.75) is 36.2 Å². The van der Waals surface area contributed by atoms with E-state index in [1.54, 1.807) is 0 Å². The van der Waals surface area contributed by atoms with E-state index in [0.717, 1.165) is 29.6 Å². The Morgan fingerprint density at radius 2 is 1.48 bits per heavy atom. The molecule has 7 nitrogen and oxygen atoms in total. The van der Waals surface area contributed by atoms with Crippen molar-refractivity contribution in [3.8, 4) is 0 Å². The molecule has 17 heteroatoms. The van der Waals surface area contributed by atoms with Gasteiger partial charge in [0.25, 0.3) is 5.91 Å². The number of amides is 1. The molecule has 0 aliphatic carbocycles. The molecule has 1 aromatic rings. The quantitative estimate of drug-likeness (QED) is 0.379. The lowest BCUT2D eigenvalue weighted by molar-refractivity contribution is -0.466. The molecule has 3 atom stereocenters. The van der Waals surface area contributed by atoms with E-state index in [4.69, 9.17) is 0 Å². The van der Waals surface area contributed by atoms with Crippen LogP contribution in [0.25, 0.3) is 0 Å². The van der Waals surface area contributed by atoms with Gasteiger partial charge in [0, 0.05) is 7.11 Å². The number of hydrogen-bond acceptors (Lipinski definition) is 4. The molecule has 1 rings (SSSR count). The third-order valence-electron chi connectivity index (χ3n) is 3.55.